The molecule has 3 aliphatic rings. The fourth-order valence-corrected chi connectivity index (χ4v) is 5.40. The number of hydrogen-bond donors (Lipinski definition) is 1. The summed E-state index contributed by atoms with van der Waals surface area (Å²) in [6.07, 6.45) is 0.860. The Morgan fingerprint density at radius 3 is 2.67 bits per heavy atom. The first-order chi connectivity index (χ1) is 10.1. The number of alkyl halides is 1. The van der Waals surface area contributed by atoms with E-state index in [1.165, 1.54) is 0 Å². The highest BCUT2D eigenvalue weighted by atomic mass is 79.9. The first-order valence-corrected chi connectivity index (χ1v) is 8.68. The quantitative estimate of drug-likeness (QED) is 0.597. The van der Waals surface area contributed by atoms with Crippen LogP contribution >= 0.6 is 31.9 Å². The van der Waals surface area contributed by atoms with Gasteiger partial charge in [-0.05, 0) is 36.6 Å². The Morgan fingerprint density at radius 1 is 1.24 bits per heavy atom. The molecule has 0 radical (unpaired) electrons. The number of esters is 1. The minimum absolute atomic E-state index is 0.0377. The Kier molecular flexibility index (Phi) is 3.15. The zero-order valence-corrected chi connectivity index (χ0v) is 14.1. The van der Waals surface area contributed by atoms with Crippen molar-refractivity contribution >= 4 is 49.4 Å². The van der Waals surface area contributed by atoms with Gasteiger partial charge in [0, 0.05) is 16.1 Å². The van der Waals surface area contributed by atoms with Gasteiger partial charge in [0.15, 0.2) is 0 Å². The molecule has 0 unspecified atom stereocenters. The van der Waals surface area contributed by atoms with Crippen molar-refractivity contribution in [2.45, 2.75) is 17.4 Å². The Morgan fingerprint density at radius 2 is 1.95 bits per heavy atom. The molecule has 3 fully saturated rings. The molecule has 1 N–H and O–H groups in total. The maximum absolute atomic E-state index is 12.6. The zero-order valence-electron chi connectivity index (χ0n) is 11.0. The van der Waals surface area contributed by atoms with Crippen molar-refractivity contribution in [3.8, 4) is 0 Å². The molecule has 110 valence electrons. The van der Waals surface area contributed by atoms with Crippen molar-refractivity contribution in [3.05, 3.63) is 28.7 Å². The third kappa shape index (κ3) is 1.99. The van der Waals surface area contributed by atoms with Crippen molar-refractivity contribution in [3.63, 3.8) is 0 Å². The molecule has 1 saturated heterocycles. The summed E-state index contributed by atoms with van der Waals surface area (Å²) in [6.45, 7) is 0. The van der Waals surface area contributed by atoms with Crippen LogP contribution in [0.25, 0.3) is 0 Å². The van der Waals surface area contributed by atoms with Crippen LogP contribution in [-0.4, -0.2) is 22.8 Å². The van der Waals surface area contributed by atoms with Crippen LogP contribution in [-0.2, 0) is 14.3 Å². The Bertz CT molecular complexity index is 618. The van der Waals surface area contributed by atoms with Gasteiger partial charge in [-0.3, -0.25) is 9.59 Å². The molecule has 2 saturated carbocycles. The first-order valence-electron chi connectivity index (χ1n) is 6.97. The van der Waals surface area contributed by atoms with Crippen molar-refractivity contribution in [1.29, 1.82) is 0 Å². The molecule has 1 heterocycles. The third-order valence-electron chi connectivity index (χ3n) is 4.94. The topological polar surface area (TPSA) is 55.4 Å². The van der Waals surface area contributed by atoms with E-state index in [0.717, 1.165) is 16.6 Å². The molecule has 1 aliphatic heterocycles. The third-order valence-corrected chi connectivity index (χ3v) is 6.67. The lowest BCUT2D eigenvalue weighted by molar-refractivity contribution is -0.145. The lowest BCUT2D eigenvalue weighted by Gasteiger charge is -2.27. The van der Waals surface area contributed by atoms with Crippen molar-refractivity contribution in [1.82, 2.24) is 0 Å². The number of rotatable bonds is 2. The molecule has 1 aromatic carbocycles. The van der Waals surface area contributed by atoms with Crippen LogP contribution in [0.4, 0.5) is 5.69 Å². The minimum atomic E-state index is -0.283. The van der Waals surface area contributed by atoms with Gasteiger partial charge in [-0.2, -0.15) is 0 Å². The summed E-state index contributed by atoms with van der Waals surface area (Å²) in [6, 6.07) is 7.44. The van der Waals surface area contributed by atoms with Gasteiger partial charge >= 0.3 is 5.97 Å². The van der Waals surface area contributed by atoms with Gasteiger partial charge in [-0.25, -0.2) is 0 Å². The van der Waals surface area contributed by atoms with Crippen molar-refractivity contribution < 1.29 is 14.3 Å². The lowest BCUT2D eigenvalue weighted by Crippen LogP contribution is -2.40. The molecule has 0 spiro atoms. The number of anilines is 1. The SMILES string of the molecule is O=C(Nc1ccc(Br)cc1)[C@@H]1[C@H]2C[C@H]3[C@H](OC(=O)[C@@H]31)[C@@H]2Br. The highest BCUT2D eigenvalue weighted by molar-refractivity contribution is 9.10. The molecule has 1 aromatic rings. The molecule has 6 atom stereocenters. The molecule has 2 aliphatic carbocycles. The highest BCUT2D eigenvalue weighted by Crippen LogP contribution is 2.60. The Balaban J connectivity index is 1.57. The maximum atomic E-state index is 12.6. The predicted molar refractivity (Wildman–Crippen MR) is 83.9 cm³/mol. The predicted octanol–water partition coefficient (Wildman–Crippen LogP) is 2.96. The largest absolute Gasteiger partial charge is 0.461 e. The van der Waals surface area contributed by atoms with Gasteiger partial charge in [0.2, 0.25) is 5.91 Å². The normalized spacial score (nSPS) is 39.4. The Labute approximate surface area is 138 Å². The number of fused-ring (bicyclic) bond motifs is 1. The van der Waals surface area contributed by atoms with E-state index >= 15 is 0 Å². The first kappa shape index (κ1) is 13.8. The lowest BCUT2D eigenvalue weighted by atomic mass is 9.79. The average molecular weight is 415 g/mol. The molecule has 2 bridgehead atoms. The van der Waals surface area contributed by atoms with Crippen LogP contribution < -0.4 is 5.32 Å². The second kappa shape index (κ2) is 4.81. The molecule has 1 amide bonds. The molecule has 0 aromatic heterocycles. The van der Waals surface area contributed by atoms with Crippen LogP contribution in [0.1, 0.15) is 6.42 Å². The van der Waals surface area contributed by atoms with Gasteiger partial charge in [-0.1, -0.05) is 31.9 Å². The summed E-state index contributed by atoms with van der Waals surface area (Å²) in [5.74, 6) is -0.431. The summed E-state index contributed by atoms with van der Waals surface area (Å²) >= 11 is 6.98. The molecular weight excluding hydrogens is 402 g/mol. The fraction of sp³-hybridized carbons (Fsp3) is 0.467. The van der Waals surface area contributed by atoms with Gasteiger partial charge in [0.25, 0.3) is 0 Å². The number of carbonyl (C=O) groups excluding carboxylic acids is 2. The monoisotopic (exact) mass is 413 g/mol. The van der Waals surface area contributed by atoms with Crippen LogP contribution in [0.15, 0.2) is 28.7 Å². The summed E-state index contributed by atoms with van der Waals surface area (Å²) < 4.78 is 6.39. The number of nitrogens with one attached hydrogen (secondary N) is 1. The van der Waals surface area contributed by atoms with E-state index in [1.54, 1.807) is 0 Å². The van der Waals surface area contributed by atoms with Crippen LogP contribution in [0, 0.1) is 23.7 Å². The van der Waals surface area contributed by atoms with E-state index in [1.807, 2.05) is 24.3 Å². The summed E-state index contributed by atoms with van der Waals surface area (Å²) in [5.41, 5.74) is 0.750. The number of carbonyl (C=O) groups is 2. The number of ether oxygens (including phenoxy) is 1. The second-order valence-corrected chi connectivity index (χ2v) is 7.93. The zero-order chi connectivity index (χ0) is 14.7. The number of hydrogen-bond acceptors (Lipinski definition) is 3. The standard InChI is InChI=1S/C15H13Br2NO3/c16-6-1-3-7(4-2-6)18-14(19)10-8-5-9-11(10)15(20)21-13(9)12(8)17/h1-4,8-13H,5H2,(H,18,19)/t8-,9-,10-,11+,12-,13+/m1/s1. The van der Waals surface area contributed by atoms with Crippen LogP contribution in [0.2, 0.25) is 0 Å². The van der Waals surface area contributed by atoms with Gasteiger partial charge in [-0.15, -0.1) is 0 Å². The smallest absolute Gasteiger partial charge is 0.310 e. The van der Waals surface area contributed by atoms with E-state index in [0.29, 0.717) is 0 Å². The van der Waals surface area contributed by atoms with Gasteiger partial charge in [0.05, 0.1) is 16.7 Å². The second-order valence-electron chi connectivity index (χ2n) is 5.96. The van der Waals surface area contributed by atoms with E-state index in [-0.39, 0.29) is 46.5 Å². The van der Waals surface area contributed by atoms with Gasteiger partial charge in [0.1, 0.15) is 6.10 Å². The van der Waals surface area contributed by atoms with Crippen molar-refractivity contribution in [2.24, 2.45) is 23.7 Å². The number of benzene rings is 1. The summed E-state index contributed by atoms with van der Waals surface area (Å²) in [7, 11) is 0. The fourth-order valence-electron chi connectivity index (χ4n) is 4.09. The van der Waals surface area contributed by atoms with E-state index < -0.39 is 0 Å². The molecule has 6 heteroatoms. The van der Waals surface area contributed by atoms with E-state index in [4.69, 9.17) is 4.74 Å². The maximum Gasteiger partial charge on any atom is 0.310 e. The van der Waals surface area contributed by atoms with E-state index in [2.05, 4.69) is 37.2 Å². The van der Waals surface area contributed by atoms with Gasteiger partial charge < -0.3 is 10.1 Å². The molecule has 21 heavy (non-hydrogen) atoms. The number of halogens is 2. The highest BCUT2D eigenvalue weighted by Gasteiger charge is 2.67. The minimum Gasteiger partial charge on any atom is -0.461 e. The van der Waals surface area contributed by atoms with Crippen LogP contribution in [0.3, 0.4) is 0 Å². The summed E-state index contributed by atoms with van der Waals surface area (Å²) in [5, 5.41) is 2.93. The Hall–Kier alpha value is -0.880. The summed E-state index contributed by atoms with van der Waals surface area (Å²) in [4.78, 5) is 24.7. The molecule has 4 nitrogen and oxygen atoms in total. The average Bonchev–Trinajstić information content (AvgIpc) is 3.05. The van der Waals surface area contributed by atoms with Crippen LogP contribution in [0.5, 0.6) is 0 Å². The number of amides is 1. The molecular formula is C15H13Br2NO3. The van der Waals surface area contributed by atoms with E-state index in [9.17, 15) is 9.59 Å². The molecule has 4 rings (SSSR count). The van der Waals surface area contributed by atoms with Crippen molar-refractivity contribution in [2.75, 3.05) is 5.32 Å².